The lowest BCUT2D eigenvalue weighted by Crippen LogP contribution is -2.43. The van der Waals surface area contributed by atoms with Crippen LogP contribution in [0, 0.1) is 6.92 Å². The molecule has 11 heteroatoms. The maximum Gasteiger partial charge on any atom is 0.315 e. The number of nitrogens with one attached hydrogen (secondary N) is 3. The molecule has 4 heterocycles. The van der Waals surface area contributed by atoms with Gasteiger partial charge in [0.25, 0.3) is 0 Å². The summed E-state index contributed by atoms with van der Waals surface area (Å²) in [6.45, 7) is 13.9. The van der Waals surface area contributed by atoms with E-state index >= 15 is 0 Å². The number of benzene rings is 2. The van der Waals surface area contributed by atoms with Crippen molar-refractivity contribution in [3.8, 4) is 22.6 Å². The summed E-state index contributed by atoms with van der Waals surface area (Å²) in [7, 11) is 0. The number of hydrogen-bond donors (Lipinski definition) is 3. The number of piperazine rings is 1. The van der Waals surface area contributed by atoms with Gasteiger partial charge in [-0.15, -0.1) is 0 Å². The summed E-state index contributed by atoms with van der Waals surface area (Å²) >= 11 is 0. The van der Waals surface area contributed by atoms with E-state index < -0.39 is 5.91 Å². The smallest absolute Gasteiger partial charge is 0.315 e. The van der Waals surface area contributed by atoms with Gasteiger partial charge in [0.05, 0.1) is 11.7 Å². The van der Waals surface area contributed by atoms with Crippen molar-refractivity contribution in [1.29, 1.82) is 0 Å². The van der Waals surface area contributed by atoms with Gasteiger partial charge < -0.3 is 25.0 Å². The molecule has 5 aromatic rings. The van der Waals surface area contributed by atoms with Gasteiger partial charge in [0.15, 0.2) is 11.5 Å². The van der Waals surface area contributed by atoms with Crippen LogP contribution in [0.5, 0.6) is 0 Å². The average Bonchev–Trinajstić information content (AvgIpc) is 3.66. The van der Waals surface area contributed by atoms with Gasteiger partial charge in [0, 0.05) is 48.4 Å². The molecule has 1 atom stereocenters. The van der Waals surface area contributed by atoms with Crippen molar-refractivity contribution in [1.82, 2.24) is 40.7 Å². The number of anilines is 1. The van der Waals surface area contributed by atoms with Crippen LogP contribution in [0.1, 0.15) is 61.4 Å². The Hall–Kier alpha value is -4.64. The Morgan fingerprint density at radius 3 is 2.45 bits per heavy atom. The molecular weight excluding hydrogens is 530 g/mol. The lowest BCUT2D eigenvalue weighted by Gasteiger charge is -2.29. The van der Waals surface area contributed by atoms with Gasteiger partial charge in [-0.2, -0.15) is 4.98 Å². The highest BCUT2D eigenvalue weighted by Gasteiger charge is 2.25. The number of aryl methyl sites for hydroxylation is 1. The Morgan fingerprint density at radius 2 is 1.76 bits per heavy atom. The van der Waals surface area contributed by atoms with Crippen molar-refractivity contribution in [2.75, 3.05) is 31.1 Å². The van der Waals surface area contributed by atoms with Crippen LogP contribution in [0.15, 0.2) is 53.3 Å². The fraction of sp³-hybridized carbons (Fsp3) is 0.355. The van der Waals surface area contributed by atoms with E-state index in [0.29, 0.717) is 11.5 Å². The maximum atomic E-state index is 12.8. The van der Waals surface area contributed by atoms with Gasteiger partial charge in [-0.1, -0.05) is 38.1 Å². The van der Waals surface area contributed by atoms with Gasteiger partial charge in [-0.25, -0.2) is 15.0 Å². The van der Waals surface area contributed by atoms with Crippen LogP contribution in [0.4, 0.5) is 5.69 Å². The molecule has 3 N–H and O–H groups in total. The van der Waals surface area contributed by atoms with Crippen LogP contribution in [-0.4, -0.2) is 62.2 Å². The topological polar surface area (TPSA) is 138 Å². The number of carbonyl (C=O) groups excluding carboxylic acids is 1. The fourth-order valence-corrected chi connectivity index (χ4v) is 5.20. The molecular formula is C31H35N9O2. The zero-order valence-electron chi connectivity index (χ0n) is 24.5. The van der Waals surface area contributed by atoms with Crippen LogP contribution in [0.2, 0.25) is 0 Å². The third kappa shape index (κ3) is 5.47. The maximum absolute atomic E-state index is 12.8. The minimum atomic E-state index is -0.405. The molecule has 11 nitrogen and oxygen atoms in total. The van der Waals surface area contributed by atoms with Crippen LogP contribution in [0.3, 0.4) is 0 Å². The summed E-state index contributed by atoms with van der Waals surface area (Å²) in [6.07, 6.45) is 1.54. The van der Waals surface area contributed by atoms with Gasteiger partial charge in [-0.05, 0) is 55.3 Å². The highest BCUT2D eigenvalue weighted by atomic mass is 16.5. The minimum Gasteiger partial charge on any atom is -0.369 e. The number of amides is 1. The van der Waals surface area contributed by atoms with Gasteiger partial charge in [0.1, 0.15) is 17.7 Å². The van der Waals surface area contributed by atoms with Crippen molar-refractivity contribution in [3.05, 3.63) is 71.6 Å². The third-order valence-corrected chi connectivity index (χ3v) is 7.56. The van der Waals surface area contributed by atoms with E-state index in [9.17, 15) is 4.79 Å². The Balaban J connectivity index is 1.21. The monoisotopic (exact) mass is 565 g/mol. The predicted octanol–water partition coefficient (Wildman–Crippen LogP) is 4.58. The second-order valence-electron chi connectivity index (χ2n) is 11.7. The van der Waals surface area contributed by atoms with Crippen LogP contribution < -0.4 is 15.5 Å². The molecule has 42 heavy (non-hydrogen) atoms. The normalized spacial score (nSPS) is 14.7. The molecule has 1 amide bonds. The summed E-state index contributed by atoms with van der Waals surface area (Å²) in [4.78, 5) is 36.7. The van der Waals surface area contributed by atoms with Crippen molar-refractivity contribution in [2.24, 2.45) is 0 Å². The van der Waals surface area contributed by atoms with Crippen molar-refractivity contribution in [2.45, 2.75) is 46.1 Å². The standard InChI is InChI=1S/C31H35N9O2/c1-18-16-21(8-11-23(18)19(2)35-28(41)29-38-30(39-42-29)31(3,4)5)24-25-27(34-17-33-24)37-26(36-25)20-6-9-22(10-7-20)40-14-12-32-13-15-40/h6-11,16-17,19,32H,12-15H2,1-5H3,(H,35,41)(H,33,34,36,37). The summed E-state index contributed by atoms with van der Waals surface area (Å²) in [5.41, 5.74) is 6.96. The van der Waals surface area contributed by atoms with Gasteiger partial charge in [-0.3, -0.25) is 4.79 Å². The van der Waals surface area contributed by atoms with E-state index in [1.807, 2.05) is 46.8 Å². The zero-order chi connectivity index (χ0) is 29.4. The molecule has 0 spiro atoms. The molecule has 2 aromatic carbocycles. The number of H-pyrrole nitrogens is 1. The SMILES string of the molecule is Cc1cc(-c2ncnc3nc(-c4ccc(N5CCNCC5)cc4)[nH]c23)ccc1C(C)NC(=O)c1nc(C(C)(C)C)no1. The molecule has 0 aliphatic carbocycles. The molecule has 1 aliphatic heterocycles. The number of imidazole rings is 1. The largest absolute Gasteiger partial charge is 0.369 e. The van der Waals surface area contributed by atoms with E-state index in [2.05, 4.69) is 71.0 Å². The number of rotatable bonds is 6. The van der Waals surface area contributed by atoms with Gasteiger partial charge in [0.2, 0.25) is 0 Å². The Morgan fingerprint density at radius 1 is 1.02 bits per heavy atom. The quantitative estimate of drug-likeness (QED) is 0.270. The molecule has 1 fully saturated rings. The Labute approximate surface area is 244 Å². The highest BCUT2D eigenvalue weighted by Crippen LogP contribution is 2.30. The first-order valence-corrected chi connectivity index (χ1v) is 14.2. The number of aromatic amines is 1. The van der Waals surface area contributed by atoms with Gasteiger partial charge >= 0.3 is 11.8 Å². The van der Waals surface area contributed by atoms with Crippen molar-refractivity contribution >= 4 is 22.8 Å². The molecule has 0 radical (unpaired) electrons. The minimum absolute atomic E-state index is 0.0436. The number of nitrogens with zero attached hydrogens (tertiary/aromatic N) is 6. The number of aromatic nitrogens is 6. The van der Waals surface area contributed by atoms with E-state index in [0.717, 1.165) is 65.5 Å². The second kappa shape index (κ2) is 11.0. The molecule has 1 aliphatic rings. The van der Waals surface area contributed by atoms with E-state index in [1.165, 1.54) is 12.0 Å². The predicted molar refractivity (Wildman–Crippen MR) is 161 cm³/mol. The molecule has 3 aromatic heterocycles. The van der Waals surface area contributed by atoms with Crippen LogP contribution in [0.25, 0.3) is 33.8 Å². The first-order valence-electron chi connectivity index (χ1n) is 14.2. The van der Waals surface area contributed by atoms with Crippen LogP contribution >= 0.6 is 0 Å². The number of carbonyl (C=O) groups is 1. The summed E-state index contributed by atoms with van der Waals surface area (Å²) in [5, 5.41) is 10.3. The second-order valence-corrected chi connectivity index (χ2v) is 11.7. The lowest BCUT2D eigenvalue weighted by molar-refractivity contribution is 0.0895. The first kappa shape index (κ1) is 27.5. The Kier molecular flexibility index (Phi) is 7.19. The number of fused-ring (bicyclic) bond motifs is 1. The molecule has 0 bridgehead atoms. The fourth-order valence-electron chi connectivity index (χ4n) is 5.20. The zero-order valence-corrected chi connectivity index (χ0v) is 24.5. The molecule has 1 saturated heterocycles. The number of hydrogen-bond acceptors (Lipinski definition) is 9. The van der Waals surface area contributed by atoms with Crippen LogP contribution in [-0.2, 0) is 5.41 Å². The highest BCUT2D eigenvalue weighted by molar-refractivity contribution is 5.90. The molecule has 1 unspecified atom stereocenters. The Bertz CT molecular complexity index is 1730. The average molecular weight is 566 g/mol. The summed E-state index contributed by atoms with van der Waals surface area (Å²) < 4.78 is 5.20. The first-order chi connectivity index (χ1) is 20.2. The van der Waals surface area contributed by atoms with E-state index in [-0.39, 0.29) is 17.3 Å². The third-order valence-electron chi connectivity index (χ3n) is 7.56. The summed E-state index contributed by atoms with van der Waals surface area (Å²) in [5.74, 6) is 0.792. The molecule has 6 rings (SSSR count). The molecule has 0 saturated carbocycles. The van der Waals surface area contributed by atoms with E-state index in [4.69, 9.17) is 9.51 Å². The molecule has 216 valence electrons. The van der Waals surface area contributed by atoms with Crippen molar-refractivity contribution < 1.29 is 9.32 Å². The van der Waals surface area contributed by atoms with E-state index in [1.54, 1.807) is 0 Å². The summed E-state index contributed by atoms with van der Waals surface area (Å²) in [6, 6.07) is 14.3. The lowest BCUT2D eigenvalue weighted by atomic mass is 9.96. The van der Waals surface area contributed by atoms with Crippen molar-refractivity contribution in [3.63, 3.8) is 0 Å².